The zero-order valence-electron chi connectivity index (χ0n) is 11.7. The molecule has 0 aromatic carbocycles. The summed E-state index contributed by atoms with van der Waals surface area (Å²) in [4.78, 5) is 14.5. The molecule has 2 N–H and O–H groups in total. The number of amides is 1. The van der Waals surface area contributed by atoms with Crippen molar-refractivity contribution in [3.05, 3.63) is 0 Å². The predicted molar refractivity (Wildman–Crippen MR) is 73.5 cm³/mol. The van der Waals surface area contributed by atoms with Crippen LogP contribution in [0.15, 0.2) is 0 Å². The maximum atomic E-state index is 12.0. The Balaban J connectivity index is 1.67. The molecular formula is C14H27N3O. The van der Waals surface area contributed by atoms with Crippen molar-refractivity contribution in [3.8, 4) is 0 Å². The van der Waals surface area contributed by atoms with Crippen molar-refractivity contribution in [2.24, 2.45) is 5.92 Å². The van der Waals surface area contributed by atoms with Crippen molar-refractivity contribution in [2.75, 3.05) is 26.2 Å². The van der Waals surface area contributed by atoms with Crippen LogP contribution >= 0.6 is 0 Å². The second-order valence-electron chi connectivity index (χ2n) is 5.99. The first-order valence-electron chi connectivity index (χ1n) is 7.42. The van der Waals surface area contributed by atoms with Gasteiger partial charge in [-0.1, -0.05) is 6.42 Å². The molecule has 4 heteroatoms. The predicted octanol–water partition coefficient (Wildman–Crippen LogP) is 0.975. The van der Waals surface area contributed by atoms with Crippen LogP contribution in [-0.2, 0) is 4.79 Å². The van der Waals surface area contributed by atoms with E-state index in [1.54, 1.807) is 0 Å². The Morgan fingerprint density at radius 2 is 2.22 bits per heavy atom. The molecule has 104 valence electrons. The van der Waals surface area contributed by atoms with E-state index in [9.17, 15) is 4.79 Å². The van der Waals surface area contributed by atoms with E-state index in [4.69, 9.17) is 0 Å². The molecule has 2 atom stereocenters. The van der Waals surface area contributed by atoms with Crippen LogP contribution in [0.2, 0.25) is 0 Å². The highest BCUT2D eigenvalue weighted by Gasteiger charge is 2.26. The van der Waals surface area contributed by atoms with Gasteiger partial charge in [-0.2, -0.15) is 0 Å². The van der Waals surface area contributed by atoms with Crippen LogP contribution in [0.5, 0.6) is 0 Å². The average molecular weight is 253 g/mol. The second-order valence-corrected chi connectivity index (χ2v) is 5.99. The Morgan fingerprint density at radius 1 is 1.39 bits per heavy atom. The summed E-state index contributed by atoms with van der Waals surface area (Å²) in [6, 6.07) is 0.687. The SMILES string of the molecule is CC(C)N1CCC(CNC(=O)[C@H]2CCCCN2)C1. The molecule has 2 fully saturated rings. The van der Waals surface area contributed by atoms with E-state index < -0.39 is 0 Å². The van der Waals surface area contributed by atoms with Gasteiger partial charge in [0.2, 0.25) is 5.91 Å². The largest absolute Gasteiger partial charge is 0.354 e. The average Bonchev–Trinajstić information content (AvgIpc) is 2.86. The normalized spacial score (nSPS) is 29.7. The van der Waals surface area contributed by atoms with E-state index in [1.807, 2.05) is 0 Å². The summed E-state index contributed by atoms with van der Waals surface area (Å²) in [5, 5.41) is 6.42. The van der Waals surface area contributed by atoms with Crippen LogP contribution in [0.1, 0.15) is 39.5 Å². The fraction of sp³-hybridized carbons (Fsp3) is 0.929. The van der Waals surface area contributed by atoms with Crippen LogP contribution in [-0.4, -0.2) is 49.1 Å². The minimum absolute atomic E-state index is 0.0568. The molecule has 18 heavy (non-hydrogen) atoms. The molecule has 0 saturated carbocycles. The lowest BCUT2D eigenvalue weighted by Gasteiger charge is -2.24. The fourth-order valence-electron chi connectivity index (χ4n) is 2.94. The standard InChI is InChI=1S/C14H27N3O/c1-11(2)17-8-6-12(10-17)9-16-14(18)13-5-3-4-7-15-13/h11-13,15H,3-10H2,1-2H3,(H,16,18)/t12?,13-/m1/s1. The Kier molecular flexibility index (Phi) is 5.01. The molecule has 0 radical (unpaired) electrons. The Morgan fingerprint density at radius 3 is 2.83 bits per heavy atom. The van der Waals surface area contributed by atoms with Gasteiger partial charge in [-0.15, -0.1) is 0 Å². The summed E-state index contributed by atoms with van der Waals surface area (Å²) in [5.74, 6) is 0.845. The van der Waals surface area contributed by atoms with Crippen LogP contribution in [0, 0.1) is 5.92 Å². The first-order chi connectivity index (χ1) is 8.66. The summed E-state index contributed by atoms with van der Waals surface area (Å²) in [6.07, 6.45) is 4.59. The minimum Gasteiger partial charge on any atom is -0.354 e. The minimum atomic E-state index is 0.0568. The number of nitrogens with zero attached hydrogens (tertiary/aromatic N) is 1. The number of piperidine rings is 1. The van der Waals surface area contributed by atoms with Gasteiger partial charge in [-0.3, -0.25) is 4.79 Å². The van der Waals surface area contributed by atoms with Crippen LogP contribution in [0.25, 0.3) is 0 Å². The van der Waals surface area contributed by atoms with E-state index in [2.05, 4.69) is 29.4 Å². The number of rotatable bonds is 4. The molecule has 0 aromatic rings. The summed E-state index contributed by atoms with van der Waals surface area (Å²) in [5.41, 5.74) is 0. The lowest BCUT2D eigenvalue weighted by molar-refractivity contribution is -0.123. The van der Waals surface area contributed by atoms with E-state index >= 15 is 0 Å². The van der Waals surface area contributed by atoms with Gasteiger partial charge in [0.25, 0.3) is 0 Å². The zero-order chi connectivity index (χ0) is 13.0. The number of hydrogen-bond acceptors (Lipinski definition) is 3. The van der Waals surface area contributed by atoms with E-state index in [-0.39, 0.29) is 11.9 Å². The van der Waals surface area contributed by atoms with Gasteiger partial charge in [0.05, 0.1) is 6.04 Å². The molecule has 2 heterocycles. The molecule has 2 aliphatic heterocycles. The van der Waals surface area contributed by atoms with Crippen LogP contribution in [0.3, 0.4) is 0 Å². The monoisotopic (exact) mass is 253 g/mol. The number of likely N-dealkylation sites (tertiary alicyclic amines) is 1. The first-order valence-corrected chi connectivity index (χ1v) is 7.42. The van der Waals surface area contributed by atoms with E-state index in [0.717, 1.165) is 26.1 Å². The van der Waals surface area contributed by atoms with Crippen molar-refractivity contribution < 1.29 is 4.79 Å². The molecule has 1 unspecified atom stereocenters. The van der Waals surface area contributed by atoms with Crippen LogP contribution < -0.4 is 10.6 Å². The van der Waals surface area contributed by atoms with Gasteiger partial charge in [0.1, 0.15) is 0 Å². The van der Waals surface area contributed by atoms with E-state index in [0.29, 0.717) is 12.0 Å². The summed E-state index contributed by atoms with van der Waals surface area (Å²) < 4.78 is 0. The van der Waals surface area contributed by atoms with Gasteiger partial charge in [0, 0.05) is 19.1 Å². The number of carbonyl (C=O) groups excluding carboxylic acids is 1. The van der Waals surface area contributed by atoms with Gasteiger partial charge in [0.15, 0.2) is 0 Å². The van der Waals surface area contributed by atoms with Crippen molar-refractivity contribution in [1.29, 1.82) is 0 Å². The zero-order valence-corrected chi connectivity index (χ0v) is 11.7. The third kappa shape index (κ3) is 3.69. The van der Waals surface area contributed by atoms with Crippen molar-refractivity contribution in [1.82, 2.24) is 15.5 Å². The summed E-state index contributed by atoms with van der Waals surface area (Å²) >= 11 is 0. The Bertz CT molecular complexity index is 274. The van der Waals surface area contributed by atoms with Gasteiger partial charge >= 0.3 is 0 Å². The third-order valence-corrected chi connectivity index (χ3v) is 4.24. The third-order valence-electron chi connectivity index (χ3n) is 4.24. The highest BCUT2D eigenvalue weighted by molar-refractivity contribution is 5.81. The Labute approximate surface area is 110 Å². The molecule has 1 amide bonds. The number of hydrogen-bond donors (Lipinski definition) is 2. The topological polar surface area (TPSA) is 44.4 Å². The highest BCUT2D eigenvalue weighted by atomic mass is 16.2. The van der Waals surface area contributed by atoms with Crippen LogP contribution in [0.4, 0.5) is 0 Å². The maximum absolute atomic E-state index is 12.0. The molecule has 4 nitrogen and oxygen atoms in total. The Hall–Kier alpha value is -0.610. The quantitative estimate of drug-likeness (QED) is 0.785. The number of nitrogens with one attached hydrogen (secondary N) is 2. The summed E-state index contributed by atoms with van der Waals surface area (Å²) in [6.45, 7) is 8.64. The summed E-state index contributed by atoms with van der Waals surface area (Å²) in [7, 11) is 0. The molecule has 0 spiro atoms. The first kappa shape index (κ1) is 13.8. The van der Waals surface area contributed by atoms with Gasteiger partial charge < -0.3 is 15.5 Å². The molecular weight excluding hydrogens is 226 g/mol. The highest BCUT2D eigenvalue weighted by Crippen LogP contribution is 2.17. The smallest absolute Gasteiger partial charge is 0.237 e. The molecule has 2 aliphatic rings. The van der Waals surface area contributed by atoms with Gasteiger partial charge in [-0.25, -0.2) is 0 Å². The van der Waals surface area contributed by atoms with Crippen molar-refractivity contribution in [2.45, 2.75) is 51.6 Å². The molecule has 0 bridgehead atoms. The van der Waals surface area contributed by atoms with E-state index in [1.165, 1.54) is 25.8 Å². The lowest BCUT2D eigenvalue weighted by atomic mass is 10.0. The van der Waals surface area contributed by atoms with Gasteiger partial charge in [-0.05, 0) is 52.1 Å². The molecule has 0 aliphatic carbocycles. The van der Waals surface area contributed by atoms with Crippen molar-refractivity contribution in [3.63, 3.8) is 0 Å². The van der Waals surface area contributed by atoms with Crippen molar-refractivity contribution >= 4 is 5.91 Å². The molecule has 0 aromatic heterocycles. The number of carbonyl (C=O) groups is 1. The maximum Gasteiger partial charge on any atom is 0.237 e. The molecule has 2 saturated heterocycles. The fourth-order valence-corrected chi connectivity index (χ4v) is 2.94. The second kappa shape index (κ2) is 6.53. The lowest BCUT2D eigenvalue weighted by Crippen LogP contribution is -2.47. The molecule has 2 rings (SSSR count).